The van der Waals surface area contributed by atoms with Gasteiger partial charge in [-0.05, 0) is 13.0 Å². The van der Waals surface area contributed by atoms with Crippen molar-refractivity contribution >= 4 is 5.97 Å². The third-order valence-corrected chi connectivity index (χ3v) is 5.48. The van der Waals surface area contributed by atoms with E-state index in [1.807, 2.05) is 0 Å². The van der Waals surface area contributed by atoms with Crippen LogP contribution in [0.1, 0.15) is 20.3 Å². The lowest BCUT2D eigenvalue weighted by molar-refractivity contribution is -0.346. The quantitative estimate of drug-likeness (QED) is 0.340. The molecule has 0 spiro atoms. The van der Waals surface area contributed by atoms with Gasteiger partial charge in [0, 0.05) is 19.3 Å². The van der Waals surface area contributed by atoms with Crippen LogP contribution in [-0.4, -0.2) is 86.8 Å². The maximum absolute atomic E-state index is 11.5. The van der Waals surface area contributed by atoms with Crippen LogP contribution in [0, 0.1) is 11.8 Å². The molecular formula is C17H26O10. The minimum Gasteiger partial charge on any atom is -0.472 e. The number of carbonyl (C=O) groups excluding carboxylic acids is 1. The average molecular weight is 390 g/mol. The normalized spacial score (nSPS) is 49.4. The lowest BCUT2D eigenvalue weighted by atomic mass is 9.84. The van der Waals surface area contributed by atoms with Crippen LogP contribution in [0.4, 0.5) is 0 Å². The largest absolute Gasteiger partial charge is 0.472 e. The molecule has 0 aromatic heterocycles. The first-order valence-corrected chi connectivity index (χ1v) is 8.83. The highest BCUT2D eigenvalue weighted by atomic mass is 16.8. The summed E-state index contributed by atoms with van der Waals surface area (Å²) in [5.74, 6) is -1.54. The second-order valence-electron chi connectivity index (χ2n) is 7.45. The minimum absolute atomic E-state index is 0.171. The molecule has 3 aliphatic rings. The zero-order chi connectivity index (χ0) is 19.9. The molecule has 2 aliphatic heterocycles. The van der Waals surface area contributed by atoms with Gasteiger partial charge in [0.05, 0.1) is 24.9 Å². The van der Waals surface area contributed by atoms with E-state index in [0.717, 1.165) is 0 Å². The summed E-state index contributed by atoms with van der Waals surface area (Å²) in [4.78, 5) is 11.5. The lowest BCUT2D eigenvalue weighted by Crippen LogP contribution is -2.60. The first-order valence-electron chi connectivity index (χ1n) is 8.83. The number of hydrogen-bond acceptors (Lipinski definition) is 10. The summed E-state index contributed by atoms with van der Waals surface area (Å²) in [6.07, 6.45) is -5.92. The fourth-order valence-electron chi connectivity index (χ4n) is 4.22. The van der Waals surface area contributed by atoms with Gasteiger partial charge in [0.2, 0.25) is 6.29 Å². The summed E-state index contributed by atoms with van der Waals surface area (Å²) in [6, 6.07) is 0. The topological polar surface area (TPSA) is 155 Å². The molecule has 1 aliphatic carbocycles. The Morgan fingerprint density at radius 1 is 1.19 bits per heavy atom. The molecule has 10 nitrogen and oxygen atoms in total. The van der Waals surface area contributed by atoms with E-state index >= 15 is 0 Å². The van der Waals surface area contributed by atoms with E-state index in [9.17, 15) is 30.3 Å². The van der Waals surface area contributed by atoms with E-state index in [1.54, 1.807) is 13.0 Å². The molecule has 154 valence electrons. The van der Waals surface area contributed by atoms with Crippen molar-refractivity contribution in [3.8, 4) is 0 Å². The Labute approximate surface area is 155 Å². The van der Waals surface area contributed by atoms with E-state index in [1.165, 1.54) is 13.2 Å². The van der Waals surface area contributed by atoms with Crippen molar-refractivity contribution < 1.29 is 49.3 Å². The van der Waals surface area contributed by atoms with Crippen molar-refractivity contribution in [3.05, 3.63) is 12.3 Å². The molecule has 0 unspecified atom stereocenters. The van der Waals surface area contributed by atoms with Crippen molar-refractivity contribution in [1.29, 1.82) is 0 Å². The fraction of sp³-hybridized carbons (Fsp3) is 0.824. The predicted octanol–water partition coefficient (Wildman–Crippen LogP) is -2.01. The van der Waals surface area contributed by atoms with Gasteiger partial charge >= 0.3 is 5.97 Å². The van der Waals surface area contributed by atoms with Crippen LogP contribution in [0.2, 0.25) is 0 Å². The second kappa shape index (κ2) is 7.63. The average Bonchev–Trinajstić information content (AvgIpc) is 2.86. The van der Waals surface area contributed by atoms with Gasteiger partial charge in [0.1, 0.15) is 30.0 Å². The fourth-order valence-corrected chi connectivity index (χ4v) is 4.22. The van der Waals surface area contributed by atoms with Gasteiger partial charge < -0.3 is 44.5 Å². The molecule has 0 aromatic carbocycles. The van der Waals surface area contributed by atoms with Crippen LogP contribution in [-0.2, 0) is 23.7 Å². The van der Waals surface area contributed by atoms with Gasteiger partial charge in [0.15, 0.2) is 6.29 Å². The van der Waals surface area contributed by atoms with Gasteiger partial charge in [-0.15, -0.1) is 0 Å². The minimum atomic E-state index is -1.60. The zero-order valence-corrected chi connectivity index (χ0v) is 15.0. The Kier molecular flexibility index (Phi) is 5.78. The molecule has 1 saturated carbocycles. The summed E-state index contributed by atoms with van der Waals surface area (Å²) in [5, 5.41) is 49.6. The SMILES string of the molecule is CC(=O)O[C@@]1(C)C[C@@H](O)[C@H]2C=CO[C@@H](O[C@H]3O[C@@H](CO)[C@@H](O)[C@@H](O)[C@@H]3O)[C@@H]21. The number of carbonyl (C=O) groups is 1. The summed E-state index contributed by atoms with van der Waals surface area (Å²) in [5.41, 5.74) is -1.08. The first-order chi connectivity index (χ1) is 12.7. The number of rotatable bonds is 4. The smallest absolute Gasteiger partial charge is 0.303 e. The van der Waals surface area contributed by atoms with Gasteiger partial charge in [-0.2, -0.15) is 0 Å². The lowest BCUT2D eigenvalue weighted by Gasteiger charge is -2.44. The van der Waals surface area contributed by atoms with Gasteiger partial charge in [0.25, 0.3) is 0 Å². The standard InChI is InChI=1S/C17H26O10/c1-7(19)27-17(2)5-9(20)8-3-4-24-15(11(8)17)26-16-14(23)13(22)12(21)10(6-18)25-16/h3-4,8-16,18,20-23H,5-6H2,1-2H3/t8-,9-,10+,11-,12-,13-,14+,15+,16-,17+/m1/s1. The molecule has 5 N–H and O–H groups in total. The number of fused-ring (bicyclic) bond motifs is 1. The van der Waals surface area contributed by atoms with Crippen LogP contribution < -0.4 is 0 Å². The Balaban J connectivity index is 1.81. The maximum Gasteiger partial charge on any atom is 0.303 e. The Morgan fingerprint density at radius 2 is 1.89 bits per heavy atom. The van der Waals surface area contributed by atoms with E-state index in [4.69, 9.17) is 18.9 Å². The van der Waals surface area contributed by atoms with Gasteiger partial charge in [-0.25, -0.2) is 0 Å². The van der Waals surface area contributed by atoms with Crippen molar-refractivity contribution in [1.82, 2.24) is 0 Å². The van der Waals surface area contributed by atoms with Gasteiger partial charge in [-0.3, -0.25) is 4.79 Å². The number of hydrogen-bond donors (Lipinski definition) is 5. The molecular weight excluding hydrogens is 364 g/mol. The highest BCUT2D eigenvalue weighted by molar-refractivity contribution is 5.66. The molecule has 10 atom stereocenters. The molecule has 2 heterocycles. The van der Waals surface area contributed by atoms with E-state index in [-0.39, 0.29) is 6.42 Å². The van der Waals surface area contributed by atoms with Crippen LogP contribution >= 0.6 is 0 Å². The zero-order valence-electron chi connectivity index (χ0n) is 15.0. The third-order valence-electron chi connectivity index (χ3n) is 5.48. The number of aliphatic hydroxyl groups is 5. The molecule has 0 bridgehead atoms. The molecule has 10 heteroatoms. The van der Waals surface area contributed by atoms with Crippen LogP contribution in [0.5, 0.6) is 0 Å². The summed E-state index contributed by atoms with van der Waals surface area (Å²) in [7, 11) is 0. The Morgan fingerprint density at radius 3 is 2.52 bits per heavy atom. The van der Waals surface area contributed by atoms with E-state index in [0.29, 0.717) is 0 Å². The Hall–Kier alpha value is -1.27. The van der Waals surface area contributed by atoms with Crippen molar-refractivity contribution in [2.75, 3.05) is 6.61 Å². The summed E-state index contributed by atoms with van der Waals surface area (Å²) in [6.45, 7) is 2.33. The molecule has 0 amide bonds. The van der Waals surface area contributed by atoms with Gasteiger partial charge in [-0.1, -0.05) is 0 Å². The van der Waals surface area contributed by atoms with Crippen LogP contribution in [0.25, 0.3) is 0 Å². The monoisotopic (exact) mass is 390 g/mol. The maximum atomic E-state index is 11.5. The number of ether oxygens (including phenoxy) is 4. The molecule has 0 aromatic rings. The number of esters is 1. The number of aliphatic hydroxyl groups excluding tert-OH is 5. The molecule has 2 fully saturated rings. The van der Waals surface area contributed by atoms with Crippen molar-refractivity contribution in [3.63, 3.8) is 0 Å². The summed E-state index contributed by atoms with van der Waals surface area (Å²) < 4.78 is 22.0. The molecule has 1 saturated heterocycles. The highest BCUT2D eigenvalue weighted by Gasteiger charge is 2.58. The van der Waals surface area contributed by atoms with Crippen LogP contribution in [0.15, 0.2) is 12.3 Å². The predicted molar refractivity (Wildman–Crippen MR) is 86.6 cm³/mol. The van der Waals surface area contributed by atoms with Crippen molar-refractivity contribution in [2.24, 2.45) is 11.8 Å². The Bertz CT molecular complexity index is 580. The van der Waals surface area contributed by atoms with Crippen LogP contribution in [0.3, 0.4) is 0 Å². The first kappa shape index (κ1) is 20.5. The molecule has 3 rings (SSSR count). The molecule has 27 heavy (non-hydrogen) atoms. The van der Waals surface area contributed by atoms with E-state index < -0.39 is 73.1 Å². The summed E-state index contributed by atoms with van der Waals surface area (Å²) >= 11 is 0. The highest BCUT2D eigenvalue weighted by Crippen LogP contribution is 2.48. The molecule has 0 radical (unpaired) electrons. The van der Waals surface area contributed by atoms with E-state index in [2.05, 4.69) is 0 Å². The third kappa shape index (κ3) is 3.70. The second-order valence-corrected chi connectivity index (χ2v) is 7.45. The van der Waals surface area contributed by atoms with Crippen molar-refractivity contribution in [2.45, 2.75) is 69.0 Å².